The molecule has 4 aromatic rings. The third kappa shape index (κ3) is 4.02. The van der Waals surface area contributed by atoms with Crippen molar-refractivity contribution in [3.8, 4) is 5.69 Å². The zero-order chi connectivity index (χ0) is 18.5. The summed E-state index contributed by atoms with van der Waals surface area (Å²) in [5.41, 5.74) is 2.38. The van der Waals surface area contributed by atoms with Crippen LogP contribution in [-0.4, -0.2) is 15.7 Å². The highest BCUT2D eigenvalue weighted by molar-refractivity contribution is 7.11. The standard InChI is InChI=1S/C21H16N4OS/c26-19(22-16-10-4-1-5-11-16)20-24-25(18-14-8-3-9-15-18)21(27-20)23-17-12-6-2-7-13-17/h1-15H,(H,22,26). The summed E-state index contributed by atoms with van der Waals surface area (Å²) in [5, 5.41) is 7.71. The summed E-state index contributed by atoms with van der Waals surface area (Å²) in [6.07, 6.45) is 0. The Balaban J connectivity index is 1.76. The lowest BCUT2D eigenvalue weighted by molar-refractivity contribution is 0.102. The maximum atomic E-state index is 12.6. The lowest BCUT2D eigenvalue weighted by atomic mass is 10.3. The van der Waals surface area contributed by atoms with Crippen LogP contribution in [0.4, 0.5) is 11.4 Å². The molecular formula is C21H16N4OS. The summed E-state index contributed by atoms with van der Waals surface area (Å²) in [5.74, 6) is -0.259. The third-order valence-electron chi connectivity index (χ3n) is 3.77. The molecule has 0 unspecified atom stereocenters. The first-order valence-electron chi connectivity index (χ1n) is 8.41. The first-order valence-corrected chi connectivity index (χ1v) is 9.23. The van der Waals surface area contributed by atoms with Crippen LogP contribution in [0.3, 0.4) is 0 Å². The smallest absolute Gasteiger partial charge is 0.286 e. The minimum atomic E-state index is -0.259. The Morgan fingerprint density at radius 3 is 2.11 bits per heavy atom. The number of carbonyl (C=O) groups is 1. The molecule has 3 aromatic carbocycles. The molecule has 6 heteroatoms. The summed E-state index contributed by atoms with van der Waals surface area (Å²) in [6.45, 7) is 0. The van der Waals surface area contributed by atoms with Crippen molar-refractivity contribution in [2.24, 2.45) is 4.99 Å². The van der Waals surface area contributed by atoms with Crippen LogP contribution in [0.2, 0.25) is 0 Å². The summed E-state index contributed by atoms with van der Waals surface area (Å²) in [7, 11) is 0. The molecule has 132 valence electrons. The van der Waals surface area contributed by atoms with Gasteiger partial charge in [-0.05, 0) is 36.4 Å². The molecular weight excluding hydrogens is 356 g/mol. The Labute approximate surface area is 160 Å². The van der Waals surface area contributed by atoms with Gasteiger partial charge in [-0.3, -0.25) is 4.79 Å². The van der Waals surface area contributed by atoms with Crippen molar-refractivity contribution in [3.63, 3.8) is 0 Å². The van der Waals surface area contributed by atoms with Gasteiger partial charge in [0.25, 0.3) is 5.91 Å². The number of nitrogens with zero attached hydrogens (tertiary/aromatic N) is 3. The highest BCUT2D eigenvalue weighted by Gasteiger charge is 2.14. The second kappa shape index (κ2) is 7.80. The molecule has 0 atom stereocenters. The van der Waals surface area contributed by atoms with Crippen molar-refractivity contribution < 1.29 is 4.79 Å². The summed E-state index contributed by atoms with van der Waals surface area (Å²) in [4.78, 5) is 17.9. The quantitative estimate of drug-likeness (QED) is 0.576. The van der Waals surface area contributed by atoms with Crippen LogP contribution >= 0.6 is 11.3 Å². The van der Waals surface area contributed by atoms with Crippen LogP contribution in [0.5, 0.6) is 0 Å². The van der Waals surface area contributed by atoms with E-state index < -0.39 is 0 Å². The fourth-order valence-corrected chi connectivity index (χ4v) is 3.32. The third-order valence-corrected chi connectivity index (χ3v) is 4.67. The lowest BCUT2D eigenvalue weighted by Gasteiger charge is -2.02. The van der Waals surface area contributed by atoms with Gasteiger partial charge in [0, 0.05) is 5.69 Å². The molecule has 1 amide bonds. The molecule has 1 aromatic heterocycles. The van der Waals surface area contributed by atoms with Crippen molar-refractivity contribution in [1.29, 1.82) is 0 Å². The normalized spacial score (nSPS) is 11.3. The van der Waals surface area contributed by atoms with Crippen LogP contribution in [-0.2, 0) is 0 Å². The van der Waals surface area contributed by atoms with Gasteiger partial charge in [0.1, 0.15) is 0 Å². The zero-order valence-corrected chi connectivity index (χ0v) is 15.1. The van der Waals surface area contributed by atoms with Gasteiger partial charge in [-0.2, -0.15) is 0 Å². The average molecular weight is 372 g/mol. The van der Waals surface area contributed by atoms with Crippen molar-refractivity contribution >= 4 is 28.6 Å². The maximum absolute atomic E-state index is 12.6. The number of amides is 1. The fourth-order valence-electron chi connectivity index (χ4n) is 2.50. The Kier molecular flexibility index (Phi) is 4.89. The second-order valence-electron chi connectivity index (χ2n) is 5.70. The van der Waals surface area contributed by atoms with Crippen LogP contribution in [0.15, 0.2) is 96.0 Å². The van der Waals surface area contributed by atoms with Crippen LogP contribution in [0.25, 0.3) is 5.69 Å². The molecule has 0 aliphatic heterocycles. The van der Waals surface area contributed by atoms with E-state index in [4.69, 9.17) is 0 Å². The van der Waals surface area contributed by atoms with Gasteiger partial charge >= 0.3 is 0 Å². The molecule has 1 heterocycles. The predicted molar refractivity (Wildman–Crippen MR) is 108 cm³/mol. The SMILES string of the molecule is O=C(Nc1ccccc1)c1nn(-c2ccccc2)c(=Nc2ccccc2)s1. The number of rotatable bonds is 4. The van der Waals surface area contributed by atoms with E-state index in [0.29, 0.717) is 9.81 Å². The molecule has 5 nitrogen and oxygen atoms in total. The first kappa shape index (κ1) is 16.9. The monoisotopic (exact) mass is 372 g/mol. The molecule has 0 bridgehead atoms. The minimum Gasteiger partial charge on any atom is -0.320 e. The van der Waals surface area contributed by atoms with E-state index in [-0.39, 0.29) is 5.91 Å². The summed E-state index contributed by atoms with van der Waals surface area (Å²) in [6, 6.07) is 28.6. The number of benzene rings is 3. The topological polar surface area (TPSA) is 59.3 Å². The van der Waals surface area contributed by atoms with Gasteiger partial charge in [0.2, 0.25) is 9.81 Å². The van der Waals surface area contributed by atoms with Crippen molar-refractivity contribution in [1.82, 2.24) is 9.78 Å². The molecule has 0 spiro atoms. The Morgan fingerprint density at radius 1 is 0.852 bits per heavy atom. The van der Waals surface area contributed by atoms with Gasteiger partial charge in [-0.1, -0.05) is 65.9 Å². The number of hydrogen-bond acceptors (Lipinski definition) is 4. The molecule has 0 aliphatic rings. The number of aromatic nitrogens is 2. The van der Waals surface area contributed by atoms with E-state index in [1.54, 1.807) is 4.68 Å². The van der Waals surface area contributed by atoms with E-state index in [1.165, 1.54) is 11.3 Å². The number of nitrogens with one attached hydrogen (secondary N) is 1. The van der Waals surface area contributed by atoms with Crippen LogP contribution in [0.1, 0.15) is 9.80 Å². The van der Waals surface area contributed by atoms with E-state index in [0.717, 1.165) is 17.1 Å². The molecule has 0 saturated heterocycles. The van der Waals surface area contributed by atoms with Crippen LogP contribution in [0, 0.1) is 0 Å². The highest BCUT2D eigenvalue weighted by Crippen LogP contribution is 2.13. The highest BCUT2D eigenvalue weighted by atomic mass is 32.1. The van der Waals surface area contributed by atoms with Gasteiger partial charge in [0.05, 0.1) is 11.4 Å². The molecule has 1 N–H and O–H groups in total. The minimum absolute atomic E-state index is 0.259. The van der Waals surface area contributed by atoms with Crippen molar-refractivity contribution in [2.45, 2.75) is 0 Å². The van der Waals surface area contributed by atoms with Crippen molar-refractivity contribution in [3.05, 3.63) is 101 Å². The van der Waals surface area contributed by atoms with Gasteiger partial charge in [-0.25, -0.2) is 9.67 Å². The lowest BCUT2D eigenvalue weighted by Crippen LogP contribution is -2.15. The van der Waals surface area contributed by atoms with E-state index in [2.05, 4.69) is 15.4 Å². The largest absolute Gasteiger partial charge is 0.320 e. The molecule has 27 heavy (non-hydrogen) atoms. The second-order valence-corrected chi connectivity index (χ2v) is 6.66. The molecule has 0 fully saturated rings. The Hall–Kier alpha value is -3.51. The van der Waals surface area contributed by atoms with Crippen LogP contribution < -0.4 is 10.1 Å². The van der Waals surface area contributed by atoms with Gasteiger partial charge in [0.15, 0.2) is 0 Å². The number of para-hydroxylation sites is 3. The first-order chi connectivity index (χ1) is 13.3. The predicted octanol–water partition coefficient (Wildman–Crippen LogP) is 4.42. The molecule has 0 radical (unpaired) electrons. The molecule has 0 saturated carbocycles. The maximum Gasteiger partial charge on any atom is 0.286 e. The van der Waals surface area contributed by atoms with E-state index in [9.17, 15) is 4.79 Å². The molecule has 0 aliphatic carbocycles. The van der Waals surface area contributed by atoms with Gasteiger partial charge < -0.3 is 5.32 Å². The van der Waals surface area contributed by atoms with E-state index >= 15 is 0 Å². The number of hydrogen-bond donors (Lipinski definition) is 1. The Morgan fingerprint density at radius 2 is 1.44 bits per heavy atom. The zero-order valence-electron chi connectivity index (χ0n) is 14.3. The number of anilines is 1. The van der Waals surface area contributed by atoms with Crippen molar-refractivity contribution in [2.75, 3.05) is 5.32 Å². The summed E-state index contributed by atoms with van der Waals surface area (Å²) >= 11 is 1.25. The fraction of sp³-hybridized carbons (Fsp3) is 0. The van der Waals surface area contributed by atoms with E-state index in [1.807, 2.05) is 91.0 Å². The van der Waals surface area contributed by atoms with Gasteiger partial charge in [-0.15, -0.1) is 5.10 Å². The Bertz CT molecular complexity index is 1100. The molecule has 4 rings (SSSR count). The average Bonchev–Trinajstić information content (AvgIpc) is 3.14. The summed E-state index contributed by atoms with van der Waals surface area (Å²) < 4.78 is 1.69. The number of carbonyl (C=O) groups excluding carboxylic acids is 1.